The molecule has 0 aromatic carbocycles. The molecule has 0 radical (unpaired) electrons. The zero-order valence-corrected chi connectivity index (χ0v) is 28.2. The molecule has 0 aliphatic carbocycles. The third kappa shape index (κ3) is 9.76. The van der Waals surface area contributed by atoms with Crippen LogP contribution in [0.5, 0.6) is 0 Å². The van der Waals surface area contributed by atoms with E-state index >= 15 is 0 Å². The van der Waals surface area contributed by atoms with Crippen LogP contribution in [0, 0.1) is 35.5 Å². The summed E-state index contributed by atoms with van der Waals surface area (Å²) in [4.78, 5) is 13.5. The molecule has 0 aromatic heterocycles. The van der Waals surface area contributed by atoms with Gasteiger partial charge in [-0.25, -0.2) is 4.79 Å². The van der Waals surface area contributed by atoms with Crippen LogP contribution in [-0.4, -0.2) is 71.8 Å². The number of allylic oxidation sites excluding steroid dienone is 5. The van der Waals surface area contributed by atoms with Crippen LogP contribution in [0.4, 0.5) is 0 Å². The summed E-state index contributed by atoms with van der Waals surface area (Å²) in [6, 6.07) is 0. The smallest absolute Gasteiger partial charge is 0.373 e. The highest BCUT2D eigenvalue weighted by atomic mass is 16.6. The van der Waals surface area contributed by atoms with Crippen LogP contribution in [0.3, 0.4) is 0 Å². The van der Waals surface area contributed by atoms with Gasteiger partial charge in [-0.15, -0.1) is 0 Å². The molecule has 0 bridgehead atoms. The lowest BCUT2D eigenvalue weighted by Crippen LogP contribution is -2.55. The molecule has 2 aliphatic rings. The number of hydrogen-bond acceptors (Lipinski definition) is 8. The van der Waals surface area contributed by atoms with E-state index in [9.17, 15) is 20.1 Å². The fourth-order valence-corrected chi connectivity index (χ4v) is 6.55. The number of cyclic esters (lactones) is 1. The molecule has 1 fully saturated rings. The van der Waals surface area contributed by atoms with Crippen LogP contribution in [0.1, 0.15) is 81.6 Å². The minimum absolute atomic E-state index is 0.00658. The second kappa shape index (κ2) is 16.4. The van der Waals surface area contributed by atoms with Crippen molar-refractivity contribution < 1.29 is 39.1 Å². The van der Waals surface area contributed by atoms with Crippen LogP contribution >= 0.6 is 0 Å². The molecular formula is C35H58O8. The Labute approximate surface area is 259 Å². The number of ether oxygens (including phenoxy) is 4. The van der Waals surface area contributed by atoms with E-state index in [1.54, 1.807) is 26.0 Å². The maximum absolute atomic E-state index is 13.5. The highest BCUT2D eigenvalue weighted by Gasteiger charge is 2.49. The predicted octanol–water partition coefficient (Wildman–Crippen LogP) is 5.72. The van der Waals surface area contributed by atoms with Crippen LogP contribution < -0.4 is 0 Å². The monoisotopic (exact) mass is 606 g/mol. The Morgan fingerprint density at radius 2 is 1.70 bits per heavy atom. The highest BCUT2D eigenvalue weighted by molar-refractivity contribution is 5.87. The Kier molecular flexibility index (Phi) is 14.2. The first-order valence-electron chi connectivity index (χ1n) is 15.8. The van der Waals surface area contributed by atoms with Gasteiger partial charge >= 0.3 is 5.97 Å². The Morgan fingerprint density at radius 3 is 2.28 bits per heavy atom. The fourth-order valence-electron chi connectivity index (χ4n) is 6.55. The van der Waals surface area contributed by atoms with Crippen LogP contribution in [0.15, 0.2) is 47.3 Å². The van der Waals surface area contributed by atoms with Crippen molar-refractivity contribution in [2.45, 2.75) is 118 Å². The van der Waals surface area contributed by atoms with E-state index in [0.29, 0.717) is 18.8 Å². The average Bonchev–Trinajstić information content (AvgIpc) is 2.95. The summed E-state index contributed by atoms with van der Waals surface area (Å²) in [5.74, 6) is -3.18. The van der Waals surface area contributed by atoms with E-state index in [4.69, 9.17) is 18.9 Å². The summed E-state index contributed by atoms with van der Waals surface area (Å²) in [5.41, 5.74) is 1.83. The summed E-state index contributed by atoms with van der Waals surface area (Å²) in [6.45, 7) is 17.7. The SMILES string of the molecule is CO/C1=C\C(C)=C\[C@@H](C)[C@@H](O)[C@@H](C)C/C(C)=C/C=C/[C@H](OC)[C@@H]([C@@H](C)[C@@H](O)[C@H](C)[C@@]2(O)CC[C@H](C)[C@@H](C(C)C)O2)OC1=O. The molecule has 3 N–H and O–H groups in total. The first-order chi connectivity index (χ1) is 20.1. The summed E-state index contributed by atoms with van der Waals surface area (Å²) >= 11 is 0. The zero-order valence-electron chi connectivity index (χ0n) is 28.2. The van der Waals surface area contributed by atoms with Crippen molar-refractivity contribution in [3.05, 3.63) is 47.3 Å². The Bertz CT molecular complexity index is 1030. The van der Waals surface area contributed by atoms with E-state index in [2.05, 4.69) is 20.8 Å². The number of carbonyl (C=O) groups excluding carboxylic acids is 1. The summed E-state index contributed by atoms with van der Waals surface area (Å²) < 4.78 is 23.5. The first kappa shape index (κ1) is 37.2. The third-order valence-electron chi connectivity index (χ3n) is 9.39. The molecular weight excluding hydrogens is 548 g/mol. The molecule has 2 aliphatic heterocycles. The van der Waals surface area contributed by atoms with Crippen molar-refractivity contribution in [3.8, 4) is 0 Å². The van der Waals surface area contributed by atoms with Gasteiger partial charge in [0, 0.05) is 31.3 Å². The van der Waals surface area contributed by atoms with Gasteiger partial charge in [0.05, 0.1) is 25.4 Å². The maximum Gasteiger partial charge on any atom is 0.373 e. The van der Waals surface area contributed by atoms with Gasteiger partial charge in [0.15, 0.2) is 5.79 Å². The molecule has 1 saturated heterocycles. The standard InChI is InChI=1S/C35H58O8/c1-20(2)32-23(5)15-16-35(39,43-32)27(9)31(37)26(8)33-28(40-10)14-12-13-21(3)17-24(6)30(36)25(7)18-22(4)19-29(41-11)34(38)42-33/h12-14,18-20,23-28,30-33,36-37,39H,15-17H2,1-11H3/b14-12+,21-13+,22-18+,29-19-/t23-,24-,25+,26-,27-,28-,30-,31+,32+,33+,35+/m0/s1. The number of rotatable bonds is 7. The molecule has 2 heterocycles. The number of aliphatic hydroxyl groups is 3. The molecule has 0 unspecified atom stereocenters. The molecule has 11 atom stereocenters. The fraction of sp³-hybridized carbons (Fsp3) is 0.743. The van der Waals surface area contributed by atoms with Gasteiger partial charge in [-0.2, -0.15) is 0 Å². The van der Waals surface area contributed by atoms with Crippen LogP contribution in [0.25, 0.3) is 0 Å². The molecule has 2 rings (SSSR count). The molecule has 0 aromatic rings. The van der Waals surface area contributed by atoms with Crippen molar-refractivity contribution in [3.63, 3.8) is 0 Å². The zero-order chi connectivity index (χ0) is 32.6. The normalized spacial score (nSPS) is 40.1. The maximum atomic E-state index is 13.5. The van der Waals surface area contributed by atoms with Gasteiger partial charge in [0.2, 0.25) is 5.76 Å². The molecule has 8 heteroatoms. The van der Waals surface area contributed by atoms with E-state index in [1.807, 2.05) is 45.9 Å². The van der Waals surface area contributed by atoms with Crippen molar-refractivity contribution >= 4 is 5.97 Å². The third-order valence-corrected chi connectivity index (χ3v) is 9.39. The highest BCUT2D eigenvalue weighted by Crippen LogP contribution is 2.41. The van der Waals surface area contributed by atoms with Crippen LogP contribution in [0.2, 0.25) is 0 Å². The van der Waals surface area contributed by atoms with Gasteiger partial charge in [0.25, 0.3) is 0 Å². The minimum Gasteiger partial charge on any atom is -0.490 e. The van der Waals surface area contributed by atoms with Gasteiger partial charge in [-0.1, -0.05) is 83.9 Å². The second-order valence-corrected chi connectivity index (χ2v) is 13.4. The lowest BCUT2D eigenvalue weighted by atomic mass is 9.77. The lowest BCUT2D eigenvalue weighted by Gasteiger charge is -2.47. The molecule has 0 saturated carbocycles. The number of hydrogen-bond donors (Lipinski definition) is 3. The number of aliphatic hydroxyl groups excluding tert-OH is 2. The van der Waals surface area contributed by atoms with Crippen molar-refractivity contribution in [2.75, 3.05) is 14.2 Å². The minimum atomic E-state index is -1.52. The summed E-state index contributed by atoms with van der Waals surface area (Å²) in [5, 5.41) is 34.2. The summed E-state index contributed by atoms with van der Waals surface area (Å²) in [6.07, 6.45) is 7.60. The molecule has 0 amide bonds. The van der Waals surface area contributed by atoms with E-state index < -0.39 is 48.0 Å². The van der Waals surface area contributed by atoms with Gasteiger partial charge < -0.3 is 34.3 Å². The van der Waals surface area contributed by atoms with Crippen LogP contribution in [-0.2, 0) is 23.7 Å². The predicted molar refractivity (Wildman–Crippen MR) is 169 cm³/mol. The molecule has 246 valence electrons. The van der Waals surface area contributed by atoms with E-state index in [0.717, 1.165) is 17.6 Å². The quantitative estimate of drug-likeness (QED) is 0.315. The molecule has 43 heavy (non-hydrogen) atoms. The number of esters is 1. The van der Waals surface area contributed by atoms with Gasteiger partial charge in [-0.3, -0.25) is 0 Å². The first-order valence-corrected chi connectivity index (χ1v) is 15.8. The van der Waals surface area contributed by atoms with Crippen molar-refractivity contribution in [1.82, 2.24) is 0 Å². The largest absolute Gasteiger partial charge is 0.490 e. The van der Waals surface area contributed by atoms with E-state index in [-0.39, 0.29) is 29.6 Å². The van der Waals surface area contributed by atoms with E-state index in [1.165, 1.54) is 14.2 Å². The molecule has 8 nitrogen and oxygen atoms in total. The number of methoxy groups -OCH3 is 2. The molecule has 0 spiro atoms. The Balaban J connectivity index is 2.50. The van der Waals surface area contributed by atoms with Crippen molar-refractivity contribution in [2.24, 2.45) is 35.5 Å². The second-order valence-electron chi connectivity index (χ2n) is 13.4. The average molecular weight is 607 g/mol. The lowest BCUT2D eigenvalue weighted by molar-refractivity contribution is -0.311. The van der Waals surface area contributed by atoms with Crippen molar-refractivity contribution in [1.29, 1.82) is 0 Å². The van der Waals surface area contributed by atoms with Gasteiger partial charge in [0.1, 0.15) is 12.2 Å². The van der Waals surface area contributed by atoms with Gasteiger partial charge in [-0.05, 0) is 50.5 Å². The number of carbonyl (C=O) groups is 1. The Hall–Kier alpha value is -1.97. The summed E-state index contributed by atoms with van der Waals surface area (Å²) in [7, 11) is 2.93. The Morgan fingerprint density at radius 1 is 1.05 bits per heavy atom. The topological polar surface area (TPSA) is 115 Å².